The van der Waals surface area contributed by atoms with Crippen LogP contribution in [-0.4, -0.2) is 22.7 Å². The molecular weight excluding hydrogens is 266 g/mol. The second-order valence-corrected chi connectivity index (χ2v) is 4.76. The van der Waals surface area contributed by atoms with Crippen LogP contribution in [0.15, 0.2) is 59.8 Å². The highest BCUT2D eigenvalue weighted by Gasteiger charge is 2.08. The molecule has 5 heteroatoms. The van der Waals surface area contributed by atoms with E-state index < -0.39 is 0 Å². The van der Waals surface area contributed by atoms with Gasteiger partial charge in [-0.05, 0) is 29.8 Å². The van der Waals surface area contributed by atoms with E-state index in [4.69, 9.17) is 10.9 Å². The zero-order chi connectivity index (χ0) is 15.1. The number of phenols is 1. The van der Waals surface area contributed by atoms with Gasteiger partial charge >= 0.3 is 0 Å². The van der Waals surface area contributed by atoms with Crippen LogP contribution < -0.4 is 10.6 Å². The molecule has 0 radical (unpaired) electrons. The quantitative estimate of drug-likeness (QED) is 0.330. The zero-order valence-corrected chi connectivity index (χ0v) is 11.7. The second kappa shape index (κ2) is 7.19. The summed E-state index contributed by atoms with van der Waals surface area (Å²) in [5, 5.41) is 21.0. The third-order valence-electron chi connectivity index (χ3n) is 3.20. The number of amidine groups is 1. The molecule has 0 spiro atoms. The summed E-state index contributed by atoms with van der Waals surface area (Å²) in [6.07, 6.45) is 0.476. The van der Waals surface area contributed by atoms with Crippen molar-refractivity contribution < 1.29 is 10.3 Å². The van der Waals surface area contributed by atoms with Crippen LogP contribution in [0.3, 0.4) is 0 Å². The van der Waals surface area contributed by atoms with Gasteiger partial charge in [-0.3, -0.25) is 0 Å². The van der Waals surface area contributed by atoms with Crippen molar-refractivity contribution in [1.29, 1.82) is 0 Å². The molecule has 0 bridgehead atoms. The van der Waals surface area contributed by atoms with Crippen molar-refractivity contribution in [3.63, 3.8) is 0 Å². The average Bonchev–Trinajstić information content (AvgIpc) is 2.53. The molecule has 21 heavy (non-hydrogen) atoms. The lowest BCUT2D eigenvalue weighted by Crippen LogP contribution is -2.27. The molecule has 0 amide bonds. The van der Waals surface area contributed by atoms with E-state index in [-0.39, 0.29) is 11.6 Å². The molecule has 0 aliphatic heterocycles. The maximum absolute atomic E-state index is 9.34. The van der Waals surface area contributed by atoms with Crippen molar-refractivity contribution >= 4 is 11.5 Å². The van der Waals surface area contributed by atoms with E-state index in [2.05, 4.69) is 10.1 Å². The Morgan fingerprint density at radius 3 is 2.33 bits per heavy atom. The van der Waals surface area contributed by atoms with Gasteiger partial charge < -0.3 is 20.9 Å². The number of rotatable bonds is 6. The molecule has 0 aromatic heterocycles. The summed E-state index contributed by atoms with van der Waals surface area (Å²) in [7, 11) is 0. The minimum Gasteiger partial charge on any atom is -0.508 e. The number of para-hydroxylation sites is 1. The first-order chi connectivity index (χ1) is 10.2. The van der Waals surface area contributed by atoms with Gasteiger partial charge in [0.05, 0.1) is 0 Å². The fourth-order valence-corrected chi connectivity index (χ4v) is 2.06. The Morgan fingerprint density at radius 2 is 1.71 bits per heavy atom. The first kappa shape index (κ1) is 14.7. The second-order valence-electron chi connectivity index (χ2n) is 4.76. The molecule has 2 aromatic rings. The highest BCUT2D eigenvalue weighted by Crippen LogP contribution is 2.18. The van der Waals surface area contributed by atoms with Gasteiger partial charge in [0.1, 0.15) is 11.6 Å². The molecule has 2 aromatic carbocycles. The van der Waals surface area contributed by atoms with Gasteiger partial charge in [0.2, 0.25) is 0 Å². The fourth-order valence-electron chi connectivity index (χ4n) is 2.06. The highest BCUT2D eigenvalue weighted by atomic mass is 16.4. The minimum atomic E-state index is 0.210. The Hall–Kier alpha value is -2.69. The Bertz CT molecular complexity index is 582. The first-order valence-corrected chi connectivity index (χ1v) is 6.73. The van der Waals surface area contributed by atoms with Crippen LogP contribution in [0.1, 0.15) is 12.0 Å². The van der Waals surface area contributed by atoms with E-state index in [1.165, 1.54) is 0 Å². The number of nitrogens with zero attached hydrogens (tertiary/aromatic N) is 2. The summed E-state index contributed by atoms with van der Waals surface area (Å²) in [5.41, 5.74) is 7.70. The molecule has 0 saturated carbocycles. The van der Waals surface area contributed by atoms with Gasteiger partial charge in [0.15, 0.2) is 0 Å². The third-order valence-corrected chi connectivity index (χ3v) is 3.20. The van der Waals surface area contributed by atoms with Gasteiger partial charge in [-0.15, -0.1) is 0 Å². The summed E-state index contributed by atoms with van der Waals surface area (Å²) in [6, 6.07) is 17.1. The van der Waals surface area contributed by atoms with Gasteiger partial charge in [-0.2, -0.15) is 0 Å². The number of oxime groups is 1. The summed E-state index contributed by atoms with van der Waals surface area (Å²) < 4.78 is 0. The molecule has 0 saturated heterocycles. The predicted octanol–water partition coefficient (Wildman–Crippen LogP) is 2.54. The summed E-state index contributed by atoms with van der Waals surface area (Å²) in [4.78, 5) is 2.14. The molecule has 0 aliphatic rings. The maximum atomic E-state index is 9.34. The lowest BCUT2D eigenvalue weighted by atomic mass is 10.1. The van der Waals surface area contributed by atoms with Gasteiger partial charge in [-0.1, -0.05) is 35.5 Å². The Labute approximate surface area is 123 Å². The van der Waals surface area contributed by atoms with Crippen molar-refractivity contribution in [3.05, 3.63) is 60.2 Å². The first-order valence-electron chi connectivity index (χ1n) is 6.73. The SMILES string of the molecule is N/C(CCN(Cc1ccc(O)cc1)c1ccccc1)=N/O. The van der Waals surface area contributed by atoms with Crippen LogP contribution >= 0.6 is 0 Å². The van der Waals surface area contributed by atoms with Crippen molar-refractivity contribution in [2.45, 2.75) is 13.0 Å². The van der Waals surface area contributed by atoms with E-state index in [1.807, 2.05) is 42.5 Å². The number of benzene rings is 2. The predicted molar refractivity (Wildman–Crippen MR) is 83.6 cm³/mol. The summed E-state index contributed by atoms with van der Waals surface area (Å²) in [6.45, 7) is 1.32. The van der Waals surface area contributed by atoms with E-state index in [1.54, 1.807) is 12.1 Å². The third kappa shape index (κ3) is 4.42. The fraction of sp³-hybridized carbons (Fsp3) is 0.188. The molecule has 0 aliphatic carbocycles. The number of nitrogens with two attached hydrogens (primary N) is 1. The van der Waals surface area contributed by atoms with Crippen molar-refractivity contribution in [1.82, 2.24) is 0 Å². The van der Waals surface area contributed by atoms with E-state index in [0.717, 1.165) is 11.3 Å². The molecule has 0 atom stereocenters. The standard InChI is InChI=1S/C16H19N3O2/c17-16(18-21)10-11-19(14-4-2-1-3-5-14)12-13-6-8-15(20)9-7-13/h1-9,20-21H,10-12H2,(H2,17,18). The number of phenolic OH excluding ortho intramolecular Hbond substituents is 1. The zero-order valence-electron chi connectivity index (χ0n) is 11.7. The molecule has 0 unspecified atom stereocenters. The van der Waals surface area contributed by atoms with Crippen LogP contribution in [-0.2, 0) is 6.54 Å². The summed E-state index contributed by atoms with van der Waals surface area (Å²) >= 11 is 0. The molecule has 0 heterocycles. The van der Waals surface area contributed by atoms with Crippen LogP contribution in [0.2, 0.25) is 0 Å². The minimum absolute atomic E-state index is 0.210. The van der Waals surface area contributed by atoms with Gasteiger partial charge in [-0.25, -0.2) is 0 Å². The Morgan fingerprint density at radius 1 is 1.05 bits per heavy atom. The lowest BCUT2D eigenvalue weighted by molar-refractivity contribution is 0.317. The molecule has 110 valence electrons. The van der Waals surface area contributed by atoms with Crippen molar-refractivity contribution in [2.24, 2.45) is 10.9 Å². The van der Waals surface area contributed by atoms with Crippen LogP contribution in [0.5, 0.6) is 5.75 Å². The van der Waals surface area contributed by atoms with Crippen molar-refractivity contribution in [3.8, 4) is 5.75 Å². The van der Waals surface area contributed by atoms with Crippen LogP contribution in [0.25, 0.3) is 0 Å². The lowest BCUT2D eigenvalue weighted by Gasteiger charge is -2.25. The van der Waals surface area contributed by atoms with Crippen LogP contribution in [0, 0.1) is 0 Å². The van der Waals surface area contributed by atoms with Crippen LogP contribution in [0.4, 0.5) is 5.69 Å². The number of hydrogen-bond acceptors (Lipinski definition) is 4. The molecule has 0 fully saturated rings. The maximum Gasteiger partial charge on any atom is 0.140 e. The number of hydrogen-bond donors (Lipinski definition) is 3. The molecular formula is C16H19N3O2. The smallest absolute Gasteiger partial charge is 0.140 e. The van der Waals surface area contributed by atoms with Crippen molar-refractivity contribution in [2.75, 3.05) is 11.4 Å². The Balaban J connectivity index is 2.13. The number of aromatic hydroxyl groups is 1. The van der Waals surface area contributed by atoms with E-state index in [9.17, 15) is 5.11 Å². The monoisotopic (exact) mass is 285 g/mol. The Kier molecular flexibility index (Phi) is 5.04. The molecule has 5 nitrogen and oxygen atoms in total. The highest BCUT2D eigenvalue weighted by molar-refractivity contribution is 5.80. The molecule has 2 rings (SSSR count). The van der Waals surface area contributed by atoms with E-state index >= 15 is 0 Å². The van der Waals surface area contributed by atoms with E-state index in [0.29, 0.717) is 19.5 Å². The van der Waals surface area contributed by atoms with Gasteiger partial charge in [0, 0.05) is 25.2 Å². The largest absolute Gasteiger partial charge is 0.508 e. The number of anilines is 1. The van der Waals surface area contributed by atoms with Gasteiger partial charge in [0.25, 0.3) is 0 Å². The summed E-state index contributed by atoms with van der Waals surface area (Å²) in [5.74, 6) is 0.461. The normalized spacial score (nSPS) is 11.3. The molecule has 4 N–H and O–H groups in total. The average molecular weight is 285 g/mol. The topological polar surface area (TPSA) is 82.1 Å².